The average Bonchev–Trinajstić information content (AvgIpc) is 2.80. The summed E-state index contributed by atoms with van der Waals surface area (Å²) < 4.78 is 6.76. The number of rotatable bonds is 3. The fourth-order valence-corrected chi connectivity index (χ4v) is 2.24. The third kappa shape index (κ3) is 2.58. The number of aromatic nitrogens is 1. The van der Waals surface area contributed by atoms with Gasteiger partial charge in [0.2, 0.25) is 0 Å². The van der Waals surface area contributed by atoms with Gasteiger partial charge < -0.3 is 14.8 Å². The summed E-state index contributed by atoms with van der Waals surface area (Å²) in [5, 5.41) is 10.5. The number of hydrogen-bond donors (Lipinski definition) is 2. The third-order valence-corrected chi connectivity index (χ3v) is 3.49. The van der Waals surface area contributed by atoms with Crippen molar-refractivity contribution in [3.05, 3.63) is 58.7 Å². The molecule has 19 heavy (non-hydrogen) atoms. The highest BCUT2D eigenvalue weighted by Gasteiger charge is 2.05. The van der Waals surface area contributed by atoms with Crippen LogP contribution in [0.4, 0.5) is 0 Å². The van der Waals surface area contributed by atoms with Crippen LogP contribution in [0.25, 0.3) is 10.9 Å². The van der Waals surface area contributed by atoms with Gasteiger partial charge in [0, 0.05) is 27.1 Å². The van der Waals surface area contributed by atoms with Crippen LogP contribution in [0.15, 0.2) is 53.1 Å². The molecule has 0 bridgehead atoms. The molecule has 2 aromatic carbocycles. The van der Waals surface area contributed by atoms with E-state index in [4.69, 9.17) is 4.74 Å². The lowest BCUT2D eigenvalue weighted by molar-refractivity contribution is 0.307. The largest absolute Gasteiger partial charge is 0.508 e. The second-order valence-corrected chi connectivity index (χ2v) is 5.20. The van der Waals surface area contributed by atoms with Gasteiger partial charge in [0.05, 0.1) is 0 Å². The molecule has 0 aliphatic rings. The Labute approximate surface area is 119 Å². The molecule has 0 amide bonds. The number of H-pyrrole nitrogens is 1. The molecule has 0 atom stereocenters. The topological polar surface area (TPSA) is 45.2 Å². The van der Waals surface area contributed by atoms with E-state index in [0.29, 0.717) is 6.61 Å². The van der Waals surface area contributed by atoms with Crippen molar-refractivity contribution >= 4 is 26.8 Å². The number of halogens is 1. The zero-order chi connectivity index (χ0) is 13.2. The molecular weight excluding hydrogens is 306 g/mol. The molecule has 0 radical (unpaired) electrons. The monoisotopic (exact) mass is 317 g/mol. The molecule has 3 nitrogen and oxygen atoms in total. The molecule has 2 N–H and O–H groups in total. The molecule has 96 valence electrons. The van der Waals surface area contributed by atoms with Gasteiger partial charge in [-0.25, -0.2) is 0 Å². The molecule has 0 spiro atoms. The second-order valence-electron chi connectivity index (χ2n) is 4.29. The zero-order valence-corrected chi connectivity index (χ0v) is 11.6. The summed E-state index contributed by atoms with van der Waals surface area (Å²) in [6, 6.07) is 13.0. The van der Waals surface area contributed by atoms with Crippen LogP contribution < -0.4 is 4.74 Å². The van der Waals surface area contributed by atoms with E-state index in [1.54, 1.807) is 12.1 Å². The Morgan fingerprint density at radius 2 is 1.89 bits per heavy atom. The van der Waals surface area contributed by atoms with Gasteiger partial charge in [-0.2, -0.15) is 0 Å². The van der Waals surface area contributed by atoms with Crippen LogP contribution in [-0.2, 0) is 6.61 Å². The van der Waals surface area contributed by atoms with E-state index >= 15 is 0 Å². The Morgan fingerprint density at radius 3 is 2.68 bits per heavy atom. The maximum absolute atomic E-state index is 9.53. The average molecular weight is 318 g/mol. The smallest absolute Gasteiger partial charge is 0.119 e. The van der Waals surface area contributed by atoms with Crippen molar-refractivity contribution < 1.29 is 9.84 Å². The maximum atomic E-state index is 9.53. The van der Waals surface area contributed by atoms with Crippen LogP contribution in [-0.4, -0.2) is 10.1 Å². The van der Waals surface area contributed by atoms with Gasteiger partial charge in [0.25, 0.3) is 0 Å². The van der Waals surface area contributed by atoms with Crippen LogP contribution in [0.5, 0.6) is 11.5 Å². The highest BCUT2D eigenvalue weighted by Crippen LogP contribution is 2.24. The number of benzene rings is 2. The highest BCUT2D eigenvalue weighted by atomic mass is 79.9. The second kappa shape index (κ2) is 4.97. The minimum absolute atomic E-state index is 0.261. The Bertz CT molecular complexity index is 704. The van der Waals surface area contributed by atoms with E-state index in [-0.39, 0.29) is 5.75 Å². The Morgan fingerprint density at radius 1 is 1.11 bits per heavy atom. The molecule has 0 aliphatic carbocycles. The van der Waals surface area contributed by atoms with Crippen molar-refractivity contribution in [3.8, 4) is 11.5 Å². The number of ether oxygens (including phenoxy) is 1. The summed E-state index contributed by atoms with van der Waals surface area (Å²) in [6.45, 7) is 0.463. The molecule has 0 unspecified atom stereocenters. The number of phenols is 1. The lowest BCUT2D eigenvalue weighted by Gasteiger charge is -2.05. The van der Waals surface area contributed by atoms with Gasteiger partial charge in [-0.05, 0) is 42.5 Å². The summed E-state index contributed by atoms with van der Waals surface area (Å²) in [6.07, 6.45) is 1.91. The summed E-state index contributed by atoms with van der Waals surface area (Å²) >= 11 is 3.39. The lowest BCUT2D eigenvalue weighted by Crippen LogP contribution is -1.94. The molecule has 3 rings (SSSR count). The van der Waals surface area contributed by atoms with Gasteiger partial charge in [-0.1, -0.05) is 15.9 Å². The lowest BCUT2D eigenvalue weighted by atomic mass is 10.2. The molecular formula is C15H12BrNO2. The van der Waals surface area contributed by atoms with E-state index in [2.05, 4.69) is 20.9 Å². The summed E-state index contributed by atoms with van der Waals surface area (Å²) in [5.74, 6) is 1.08. The molecule has 0 aliphatic heterocycles. The van der Waals surface area contributed by atoms with Crippen LogP contribution in [0.1, 0.15) is 5.56 Å². The standard InChI is InChI=1S/C15H12BrNO2/c16-11-1-4-13(5-2-11)19-9-10-8-17-15-6-3-12(18)7-14(10)15/h1-8,17-18H,9H2. The van der Waals surface area contributed by atoms with Crippen molar-refractivity contribution in [2.45, 2.75) is 6.61 Å². The molecule has 0 fully saturated rings. The normalized spacial score (nSPS) is 10.8. The van der Waals surface area contributed by atoms with Crippen molar-refractivity contribution in [2.24, 2.45) is 0 Å². The Hall–Kier alpha value is -1.94. The van der Waals surface area contributed by atoms with Crippen LogP contribution in [0.2, 0.25) is 0 Å². The minimum Gasteiger partial charge on any atom is -0.508 e. The zero-order valence-electron chi connectivity index (χ0n) is 10.1. The van der Waals surface area contributed by atoms with E-state index in [9.17, 15) is 5.11 Å². The molecule has 0 saturated heterocycles. The van der Waals surface area contributed by atoms with Crippen LogP contribution >= 0.6 is 15.9 Å². The quantitative estimate of drug-likeness (QED) is 0.759. The maximum Gasteiger partial charge on any atom is 0.119 e. The highest BCUT2D eigenvalue weighted by molar-refractivity contribution is 9.10. The van der Waals surface area contributed by atoms with Gasteiger partial charge in [0.1, 0.15) is 18.1 Å². The minimum atomic E-state index is 0.261. The van der Waals surface area contributed by atoms with E-state index in [1.165, 1.54) is 0 Å². The fourth-order valence-electron chi connectivity index (χ4n) is 1.98. The Kier molecular flexibility index (Phi) is 3.17. The summed E-state index contributed by atoms with van der Waals surface area (Å²) in [4.78, 5) is 3.16. The molecule has 4 heteroatoms. The molecule has 1 heterocycles. The summed E-state index contributed by atoms with van der Waals surface area (Å²) in [5.41, 5.74) is 2.01. The van der Waals surface area contributed by atoms with Gasteiger partial charge >= 0.3 is 0 Å². The molecule has 3 aromatic rings. The van der Waals surface area contributed by atoms with Crippen LogP contribution in [0, 0.1) is 0 Å². The first kappa shape index (κ1) is 12.1. The first-order chi connectivity index (χ1) is 9.22. The number of fused-ring (bicyclic) bond motifs is 1. The summed E-state index contributed by atoms with van der Waals surface area (Å²) in [7, 11) is 0. The van der Waals surface area contributed by atoms with E-state index < -0.39 is 0 Å². The third-order valence-electron chi connectivity index (χ3n) is 2.96. The first-order valence-electron chi connectivity index (χ1n) is 5.90. The van der Waals surface area contributed by atoms with Crippen molar-refractivity contribution in [1.82, 2.24) is 4.98 Å². The SMILES string of the molecule is Oc1ccc2[nH]cc(COc3ccc(Br)cc3)c2c1. The van der Waals surface area contributed by atoms with Crippen molar-refractivity contribution in [1.29, 1.82) is 0 Å². The van der Waals surface area contributed by atoms with Gasteiger partial charge in [-0.3, -0.25) is 0 Å². The van der Waals surface area contributed by atoms with Crippen LogP contribution in [0.3, 0.4) is 0 Å². The number of hydrogen-bond acceptors (Lipinski definition) is 2. The molecule has 0 saturated carbocycles. The van der Waals surface area contributed by atoms with Crippen molar-refractivity contribution in [3.63, 3.8) is 0 Å². The number of aromatic hydroxyl groups is 1. The molecule has 1 aromatic heterocycles. The van der Waals surface area contributed by atoms with Gasteiger partial charge in [0.15, 0.2) is 0 Å². The first-order valence-corrected chi connectivity index (χ1v) is 6.69. The number of aromatic amines is 1. The van der Waals surface area contributed by atoms with E-state index in [0.717, 1.165) is 26.7 Å². The fraction of sp³-hybridized carbons (Fsp3) is 0.0667. The van der Waals surface area contributed by atoms with E-state index in [1.807, 2.05) is 36.5 Å². The predicted molar refractivity (Wildman–Crippen MR) is 78.4 cm³/mol. The number of phenolic OH excluding ortho intramolecular Hbond substituents is 1. The van der Waals surface area contributed by atoms with Crippen molar-refractivity contribution in [2.75, 3.05) is 0 Å². The number of nitrogens with one attached hydrogen (secondary N) is 1. The Balaban J connectivity index is 1.81. The predicted octanol–water partition coefficient (Wildman–Crippen LogP) is 4.22. The van der Waals surface area contributed by atoms with Gasteiger partial charge in [-0.15, -0.1) is 0 Å².